The van der Waals surface area contributed by atoms with E-state index in [0.29, 0.717) is 11.3 Å². The molecular formula is C16H27NO2. The Hall–Kier alpha value is -0.800. The zero-order valence-electron chi connectivity index (χ0n) is 12.6. The molecule has 0 amide bonds. The Morgan fingerprint density at radius 2 is 2.16 bits per heavy atom. The van der Waals surface area contributed by atoms with Gasteiger partial charge in [0.25, 0.3) is 0 Å². The average molecular weight is 265 g/mol. The second kappa shape index (κ2) is 5.68. The minimum Gasteiger partial charge on any atom is -0.467 e. The van der Waals surface area contributed by atoms with Gasteiger partial charge in [-0.05, 0) is 49.7 Å². The first-order valence-electron chi connectivity index (χ1n) is 7.32. The van der Waals surface area contributed by atoms with Gasteiger partial charge in [0.15, 0.2) is 0 Å². The van der Waals surface area contributed by atoms with Crippen LogP contribution < -0.4 is 5.73 Å². The lowest BCUT2D eigenvalue weighted by atomic mass is 9.71. The molecule has 0 saturated heterocycles. The van der Waals surface area contributed by atoms with Gasteiger partial charge in [-0.2, -0.15) is 0 Å². The number of nitrogens with two attached hydrogens (primary N) is 1. The number of furan rings is 1. The maximum absolute atomic E-state index is 6.28. The molecule has 1 saturated carbocycles. The van der Waals surface area contributed by atoms with Crippen molar-refractivity contribution >= 4 is 0 Å². The van der Waals surface area contributed by atoms with Crippen molar-refractivity contribution in [1.82, 2.24) is 0 Å². The molecule has 1 fully saturated rings. The summed E-state index contributed by atoms with van der Waals surface area (Å²) in [5.74, 6) is 1.55. The fraction of sp³-hybridized carbons (Fsp3) is 0.750. The molecule has 0 radical (unpaired) electrons. The Labute approximate surface area is 116 Å². The van der Waals surface area contributed by atoms with Gasteiger partial charge in [0.1, 0.15) is 11.9 Å². The zero-order chi connectivity index (χ0) is 14.0. The lowest BCUT2D eigenvalue weighted by Crippen LogP contribution is -2.36. The van der Waals surface area contributed by atoms with Crippen molar-refractivity contribution in [3.63, 3.8) is 0 Å². The predicted octanol–water partition coefficient (Wildman–Crippen LogP) is 3.90. The fourth-order valence-corrected chi connectivity index (χ4v) is 3.47. The molecule has 0 aromatic carbocycles. The zero-order valence-corrected chi connectivity index (χ0v) is 12.6. The molecule has 19 heavy (non-hydrogen) atoms. The van der Waals surface area contributed by atoms with Gasteiger partial charge in [0.2, 0.25) is 0 Å². The van der Waals surface area contributed by atoms with Gasteiger partial charge in [0, 0.05) is 6.04 Å². The monoisotopic (exact) mass is 265 g/mol. The van der Waals surface area contributed by atoms with E-state index < -0.39 is 0 Å². The maximum atomic E-state index is 6.28. The third kappa shape index (κ3) is 3.83. The second-order valence-electron chi connectivity index (χ2n) is 6.97. The Morgan fingerprint density at radius 3 is 2.68 bits per heavy atom. The summed E-state index contributed by atoms with van der Waals surface area (Å²) in [6, 6.07) is 3.78. The van der Waals surface area contributed by atoms with E-state index >= 15 is 0 Å². The van der Waals surface area contributed by atoms with Gasteiger partial charge in [-0.25, -0.2) is 0 Å². The Kier molecular flexibility index (Phi) is 4.36. The van der Waals surface area contributed by atoms with Crippen molar-refractivity contribution in [2.24, 2.45) is 17.1 Å². The quantitative estimate of drug-likeness (QED) is 0.898. The molecule has 1 aromatic heterocycles. The summed E-state index contributed by atoms with van der Waals surface area (Å²) in [5, 5.41) is 0. The Morgan fingerprint density at radius 1 is 1.42 bits per heavy atom. The predicted molar refractivity (Wildman–Crippen MR) is 76.8 cm³/mol. The minimum absolute atomic E-state index is 0.0634. The first-order valence-corrected chi connectivity index (χ1v) is 7.32. The van der Waals surface area contributed by atoms with E-state index in [0.717, 1.165) is 18.6 Å². The van der Waals surface area contributed by atoms with Gasteiger partial charge < -0.3 is 14.9 Å². The molecule has 1 aliphatic rings. The van der Waals surface area contributed by atoms with Crippen LogP contribution in [0, 0.1) is 11.3 Å². The molecule has 3 heteroatoms. The van der Waals surface area contributed by atoms with Crippen LogP contribution in [0.3, 0.4) is 0 Å². The van der Waals surface area contributed by atoms with Crippen molar-refractivity contribution in [3.05, 3.63) is 24.2 Å². The molecule has 0 bridgehead atoms. The maximum Gasteiger partial charge on any atom is 0.134 e. The molecule has 1 aromatic rings. The van der Waals surface area contributed by atoms with E-state index in [2.05, 4.69) is 20.8 Å². The van der Waals surface area contributed by atoms with E-state index in [4.69, 9.17) is 14.9 Å². The summed E-state index contributed by atoms with van der Waals surface area (Å²) in [7, 11) is 0. The van der Waals surface area contributed by atoms with Crippen LogP contribution >= 0.6 is 0 Å². The van der Waals surface area contributed by atoms with E-state index in [1.54, 1.807) is 6.26 Å². The summed E-state index contributed by atoms with van der Waals surface area (Å²) in [5.41, 5.74) is 6.42. The number of ether oxygens (including phenoxy) is 1. The minimum atomic E-state index is -0.138. The molecule has 1 aliphatic carbocycles. The molecular weight excluding hydrogens is 238 g/mol. The van der Waals surface area contributed by atoms with Crippen molar-refractivity contribution in [2.75, 3.05) is 0 Å². The second-order valence-corrected chi connectivity index (χ2v) is 6.97. The van der Waals surface area contributed by atoms with Gasteiger partial charge in [0.05, 0.1) is 12.4 Å². The standard InChI is InChI=1S/C16H27NO2/c1-11-8-13(10-16(3,4)9-11)19-15(12(2)17)14-6-5-7-18-14/h5-7,11-13,15H,8-10,17H2,1-4H3. The smallest absolute Gasteiger partial charge is 0.134 e. The van der Waals surface area contributed by atoms with Gasteiger partial charge >= 0.3 is 0 Å². The average Bonchev–Trinajstić information content (AvgIpc) is 2.75. The summed E-state index contributed by atoms with van der Waals surface area (Å²) in [4.78, 5) is 0. The first kappa shape index (κ1) is 14.6. The van der Waals surface area contributed by atoms with Crippen LogP contribution in [0.5, 0.6) is 0 Å². The van der Waals surface area contributed by atoms with Gasteiger partial charge in [-0.3, -0.25) is 0 Å². The lowest BCUT2D eigenvalue weighted by molar-refractivity contribution is -0.0807. The van der Waals surface area contributed by atoms with Crippen molar-refractivity contribution < 1.29 is 9.15 Å². The topological polar surface area (TPSA) is 48.4 Å². The molecule has 4 unspecified atom stereocenters. The number of rotatable bonds is 4. The highest BCUT2D eigenvalue weighted by molar-refractivity contribution is 5.05. The van der Waals surface area contributed by atoms with Crippen molar-refractivity contribution in [3.8, 4) is 0 Å². The van der Waals surface area contributed by atoms with Gasteiger partial charge in [-0.1, -0.05) is 20.8 Å². The molecule has 1 heterocycles. The summed E-state index contributed by atoms with van der Waals surface area (Å²) >= 11 is 0. The molecule has 0 aliphatic heterocycles. The van der Waals surface area contributed by atoms with Crippen LogP contribution in [0.4, 0.5) is 0 Å². The van der Waals surface area contributed by atoms with Crippen molar-refractivity contribution in [2.45, 2.75) is 65.2 Å². The molecule has 2 rings (SSSR count). The van der Waals surface area contributed by atoms with E-state index in [1.165, 1.54) is 6.42 Å². The van der Waals surface area contributed by atoms with Crippen LogP contribution in [0.25, 0.3) is 0 Å². The van der Waals surface area contributed by atoms with Crippen LogP contribution in [-0.4, -0.2) is 12.1 Å². The van der Waals surface area contributed by atoms with Crippen LogP contribution in [-0.2, 0) is 4.74 Å². The van der Waals surface area contributed by atoms with Crippen LogP contribution in [0.2, 0.25) is 0 Å². The molecule has 108 valence electrons. The van der Waals surface area contributed by atoms with E-state index in [1.807, 2.05) is 19.1 Å². The van der Waals surface area contributed by atoms with Crippen LogP contribution in [0.1, 0.15) is 58.8 Å². The van der Waals surface area contributed by atoms with Gasteiger partial charge in [-0.15, -0.1) is 0 Å². The highest BCUT2D eigenvalue weighted by Crippen LogP contribution is 2.41. The molecule has 4 atom stereocenters. The summed E-state index contributed by atoms with van der Waals surface area (Å²) < 4.78 is 11.8. The van der Waals surface area contributed by atoms with Crippen LogP contribution in [0.15, 0.2) is 22.8 Å². The third-order valence-electron chi connectivity index (χ3n) is 3.99. The normalized spacial score (nSPS) is 29.9. The van der Waals surface area contributed by atoms with E-state index in [9.17, 15) is 0 Å². The largest absolute Gasteiger partial charge is 0.467 e. The van der Waals surface area contributed by atoms with E-state index in [-0.39, 0.29) is 18.2 Å². The Bertz CT molecular complexity index is 383. The first-order chi connectivity index (χ1) is 8.87. The molecule has 3 nitrogen and oxygen atoms in total. The SMILES string of the molecule is CC1CC(OC(c2ccco2)C(C)N)CC(C)(C)C1. The summed E-state index contributed by atoms with van der Waals surface area (Å²) in [6.45, 7) is 8.94. The number of hydrogen-bond donors (Lipinski definition) is 1. The lowest BCUT2D eigenvalue weighted by Gasteiger charge is -2.40. The highest BCUT2D eigenvalue weighted by atomic mass is 16.5. The Balaban J connectivity index is 2.05. The fourth-order valence-electron chi connectivity index (χ4n) is 3.47. The third-order valence-corrected chi connectivity index (χ3v) is 3.99. The highest BCUT2D eigenvalue weighted by Gasteiger charge is 2.35. The van der Waals surface area contributed by atoms with Crippen molar-refractivity contribution in [1.29, 1.82) is 0 Å². The number of hydrogen-bond acceptors (Lipinski definition) is 3. The molecule has 2 N–H and O–H groups in total. The molecule has 0 spiro atoms. The summed E-state index contributed by atoms with van der Waals surface area (Å²) in [6.07, 6.45) is 5.31.